The number of carbonyl (C=O) groups is 2. The number of carbonyl (C=O) groups excluding carboxylic acids is 2. The van der Waals surface area contributed by atoms with Crippen LogP contribution in [0.15, 0.2) is 24.3 Å². The molecule has 6 heteroatoms. The fourth-order valence-electron chi connectivity index (χ4n) is 3.67. The number of benzene rings is 1. The number of nitrogens with zero attached hydrogens (tertiary/aromatic N) is 1. The lowest BCUT2D eigenvalue weighted by Gasteiger charge is -2.21. The monoisotopic (exact) mass is 319 g/mol. The molecular formula is C17H22FN3O2. The van der Waals surface area contributed by atoms with Crippen LogP contribution in [0.5, 0.6) is 0 Å². The number of rotatable bonds is 4. The lowest BCUT2D eigenvalue weighted by Crippen LogP contribution is -2.45. The topological polar surface area (TPSA) is 75.4 Å². The van der Waals surface area contributed by atoms with E-state index in [4.69, 9.17) is 5.73 Å². The number of hydrogen-bond acceptors (Lipinski definition) is 3. The first-order valence-corrected chi connectivity index (χ1v) is 8.18. The zero-order valence-electron chi connectivity index (χ0n) is 13.0. The van der Waals surface area contributed by atoms with Gasteiger partial charge < -0.3 is 16.0 Å². The fraction of sp³-hybridized carbons (Fsp3) is 0.529. The minimum atomic E-state index is -0.568. The van der Waals surface area contributed by atoms with Crippen molar-refractivity contribution in [2.24, 2.45) is 17.6 Å². The Morgan fingerprint density at radius 2 is 2.09 bits per heavy atom. The Balaban J connectivity index is 1.66. The van der Waals surface area contributed by atoms with Crippen LogP contribution < -0.4 is 16.0 Å². The first kappa shape index (κ1) is 15.9. The zero-order valence-corrected chi connectivity index (χ0v) is 13.0. The van der Waals surface area contributed by atoms with E-state index in [0.717, 1.165) is 19.3 Å². The molecule has 1 aliphatic heterocycles. The smallest absolute Gasteiger partial charge is 0.249 e. The van der Waals surface area contributed by atoms with Gasteiger partial charge in [-0.3, -0.25) is 9.59 Å². The Morgan fingerprint density at radius 3 is 2.83 bits per heavy atom. The highest BCUT2D eigenvalue weighted by Gasteiger charge is 2.38. The molecular weight excluding hydrogens is 297 g/mol. The first-order chi connectivity index (χ1) is 11.1. The van der Waals surface area contributed by atoms with Gasteiger partial charge in [0.2, 0.25) is 11.8 Å². The predicted octanol–water partition coefficient (Wildman–Crippen LogP) is 1.42. The lowest BCUT2D eigenvalue weighted by atomic mass is 9.95. The van der Waals surface area contributed by atoms with Crippen molar-refractivity contribution in [1.82, 2.24) is 5.32 Å². The van der Waals surface area contributed by atoms with Crippen LogP contribution in [0, 0.1) is 17.7 Å². The van der Waals surface area contributed by atoms with Crippen molar-refractivity contribution in [2.45, 2.75) is 31.7 Å². The van der Waals surface area contributed by atoms with Crippen molar-refractivity contribution < 1.29 is 14.0 Å². The molecule has 1 heterocycles. The van der Waals surface area contributed by atoms with E-state index in [-0.39, 0.29) is 29.3 Å². The van der Waals surface area contributed by atoms with Crippen molar-refractivity contribution in [3.8, 4) is 0 Å². The van der Waals surface area contributed by atoms with Crippen LogP contribution in [0.4, 0.5) is 10.1 Å². The minimum absolute atomic E-state index is 0.0910. The average molecular weight is 319 g/mol. The second kappa shape index (κ2) is 6.66. The number of anilines is 1. The molecule has 1 aliphatic carbocycles. The largest absolute Gasteiger partial charge is 0.344 e. The summed E-state index contributed by atoms with van der Waals surface area (Å²) in [7, 11) is 0. The first-order valence-electron chi connectivity index (χ1n) is 8.18. The Kier molecular flexibility index (Phi) is 4.61. The second-order valence-corrected chi connectivity index (χ2v) is 6.32. The van der Waals surface area contributed by atoms with E-state index >= 15 is 0 Å². The minimum Gasteiger partial charge on any atom is -0.344 e. The standard InChI is InChI=1S/C17H22FN3O2/c18-13-6-1-2-7-15(13)21-9-8-14(17(21)23)20-16(22)12-5-3-4-11(12)10-19/h1-2,6-7,11-12,14H,3-5,8-10,19H2,(H,20,22)/t11-,12-,14?/m1/s1. The molecule has 2 aliphatic rings. The molecule has 3 N–H and O–H groups in total. The van der Waals surface area contributed by atoms with Crippen molar-refractivity contribution in [2.75, 3.05) is 18.0 Å². The van der Waals surface area contributed by atoms with Crippen molar-refractivity contribution in [3.05, 3.63) is 30.1 Å². The van der Waals surface area contributed by atoms with Gasteiger partial charge in [-0.2, -0.15) is 0 Å². The molecule has 1 unspecified atom stereocenters. The predicted molar refractivity (Wildman–Crippen MR) is 85.2 cm³/mol. The summed E-state index contributed by atoms with van der Waals surface area (Å²) in [5, 5.41) is 2.85. The van der Waals surface area contributed by atoms with E-state index in [0.29, 0.717) is 19.5 Å². The van der Waals surface area contributed by atoms with Gasteiger partial charge in [0, 0.05) is 12.5 Å². The van der Waals surface area contributed by atoms with E-state index in [1.165, 1.54) is 11.0 Å². The Hall–Kier alpha value is -1.95. The van der Waals surface area contributed by atoms with Gasteiger partial charge >= 0.3 is 0 Å². The number of hydrogen-bond donors (Lipinski definition) is 2. The molecule has 1 saturated heterocycles. The molecule has 0 radical (unpaired) electrons. The van der Waals surface area contributed by atoms with Crippen LogP contribution in [0.3, 0.4) is 0 Å². The SMILES string of the molecule is NC[C@H]1CCC[C@H]1C(=O)NC1CCN(c2ccccc2F)C1=O. The summed E-state index contributed by atoms with van der Waals surface area (Å²) < 4.78 is 13.9. The highest BCUT2D eigenvalue weighted by molar-refractivity contribution is 6.01. The van der Waals surface area contributed by atoms with Crippen LogP contribution in [0.1, 0.15) is 25.7 Å². The molecule has 23 heavy (non-hydrogen) atoms. The summed E-state index contributed by atoms with van der Waals surface area (Å²) in [5.74, 6) is -0.659. The van der Waals surface area contributed by atoms with E-state index in [2.05, 4.69) is 5.32 Å². The number of nitrogens with two attached hydrogens (primary N) is 1. The summed E-state index contributed by atoms with van der Waals surface area (Å²) in [5.41, 5.74) is 5.99. The highest BCUT2D eigenvalue weighted by atomic mass is 19.1. The quantitative estimate of drug-likeness (QED) is 0.881. The van der Waals surface area contributed by atoms with Crippen LogP contribution in [-0.2, 0) is 9.59 Å². The third-order valence-corrected chi connectivity index (χ3v) is 4.96. The molecule has 3 atom stereocenters. The number of amides is 2. The Labute approximate surface area is 135 Å². The van der Waals surface area contributed by atoms with Gasteiger partial charge in [-0.25, -0.2) is 4.39 Å². The van der Waals surface area contributed by atoms with Crippen LogP contribution in [0.25, 0.3) is 0 Å². The molecule has 1 saturated carbocycles. The molecule has 0 aromatic heterocycles. The van der Waals surface area contributed by atoms with E-state index in [1.807, 2.05) is 0 Å². The summed E-state index contributed by atoms with van der Waals surface area (Å²) in [6.45, 7) is 0.910. The Bertz CT molecular complexity index is 607. The summed E-state index contributed by atoms with van der Waals surface area (Å²) in [4.78, 5) is 26.3. The van der Waals surface area contributed by atoms with Gasteiger partial charge in [0.25, 0.3) is 0 Å². The van der Waals surface area contributed by atoms with Gasteiger partial charge in [-0.05, 0) is 43.9 Å². The van der Waals surface area contributed by atoms with Crippen molar-refractivity contribution in [1.29, 1.82) is 0 Å². The third kappa shape index (κ3) is 3.08. The molecule has 124 valence electrons. The number of nitrogens with one attached hydrogen (secondary N) is 1. The van der Waals surface area contributed by atoms with Crippen LogP contribution in [-0.4, -0.2) is 30.9 Å². The maximum absolute atomic E-state index is 13.9. The fourth-order valence-corrected chi connectivity index (χ4v) is 3.67. The summed E-state index contributed by atoms with van der Waals surface area (Å²) in [6.07, 6.45) is 3.29. The highest BCUT2D eigenvalue weighted by Crippen LogP contribution is 2.31. The number of para-hydroxylation sites is 1. The molecule has 2 amide bonds. The summed E-state index contributed by atoms with van der Waals surface area (Å²) in [6, 6.07) is 5.63. The van der Waals surface area contributed by atoms with Gasteiger partial charge in [0.1, 0.15) is 11.9 Å². The van der Waals surface area contributed by atoms with Gasteiger partial charge in [0.05, 0.1) is 5.69 Å². The lowest BCUT2D eigenvalue weighted by molar-refractivity contribution is -0.129. The maximum Gasteiger partial charge on any atom is 0.249 e. The molecule has 3 rings (SSSR count). The molecule has 0 spiro atoms. The maximum atomic E-state index is 13.9. The van der Waals surface area contributed by atoms with Gasteiger partial charge in [-0.1, -0.05) is 18.6 Å². The molecule has 2 fully saturated rings. The van der Waals surface area contributed by atoms with Gasteiger partial charge in [0.15, 0.2) is 0 Å². The van der Waals surface area contributed by atoms with Gasteiger partial charge in [-0.15, -0.1) is 0 Å². The molecule has 5 nitrogen and oxygen atoms in total. The van der Waals surface area contributed by atoms with E-state index < -0.39 is 11.9 Å². The van der Waals surface area contributed by atoms with Crippen LogP contribution in [0.2, 0.25) is 0 Å². The van der Waals surface area contributed by atoms with Crippen LogP contribution >= 0.6 is 0 Å². The zero-order chi connectivity index (χ0) is 16.4. The second-order valence-electron chi connectivity index (χ2n) is 6.32. The van der Waals surface area contributed by atoms with Crippen molar-refractivity contribution >= 4 is 17.5 Å². The normalized spacial score (nSPS) is 27.5. The van der Waals surface area contributed by atoms with Crippen molar-refractivity contribution in [3.63, 3.8) is 0 Å². The van der Waals surface area contributed by atoms with E-state index in [9.17, 15) is 14.0 Å². The molecule has 1 aromatic carbocycles. The Morgan fingerprint density at radius 1 is 1.30 bits per heavy atom. The third-order valence-electron chi connectivity index (χ3n) is 4.96. The number of halogens is 1. The molecule has 1 aromatic rings. The van der Waals surface area contributed by atoms with E-state index in [1.54, 1.807) is 18.2 Å². The average Bonchev–Trinajstić information content (AvgIpc) is 3.16. The molecule has 0 bridgehead atoms. The summed E-state index contributed by atoms with van der Waals surface area (Å²) >= 11 is 0.